The molecule has 1 fully saturated rings. The van der Waals surface area contributed by atoms with Gasteiger partial charge in [0, 0.05) is 50.4 Å². The van der Waals surface area contributed by atoms with Crippen LogP contribution in [0.1, 0.15) is 21.7 Å². The standard InChI is InChI=1S/C27H29FN4O6/c28-23-7-3-21(4-8-23)18-31(19-25-2-1-15-38-25)26(33)20-30(12-11-29-13-16-37-17-14-29)27(34)22-5-9-24(10-6-22)32(35)36/h1-10,15H,11-14,16-20H2. The van der Waals surface area contributed by atoms with Crippen LogP contribution >= 0.6 is 0 Å². The minimum Gasteiger partial charge on any atom is -0.467 e. The topological polar surface area (TPSA) is 109 Å². The lowest BCUT2D eigenvalue weighted by atomic mass is 10.1. The molecule has 0 bridgehead atoms. The number of carbonyl (C=O) groups is 2. The highest BCUT2D eigenvalue weighted by atomic mass is 19.1. The van der Waals surface area contributed by atoms with Crippen LogP contribution in [0.3, 0.4) is 0 Å². The second kappa shape index (κ2) is 12.9. The largest absolute Gasteiger partial charge is 0.467 e. The number of furan rings is 1. The maximum Gasteiger partial charge on any atom is 0.269 e. The maximum absolute atomic E-state index is 13.6. The van der Waals surface area contributed by atoms with Crippen LogP contribution in [0, 0.1) is 15.9 Å². The van der Waals surface area contributed by atoms with Gasteiger partial charge in [0.25, 0.3) is 11.6 Å². The van der Waals surface area contributed by atoms with E-state index in [4.69, 9.17) is 9.15 Å². The van der Waals surface area contributed by atoms with Gasteiger partial charge in [-0.1, -0.05) is 12.1 Å². The summed E-state index contributed by atoms with van der Waals surface area (Å²) in [5, 5.41) is 11.0. The molecule has 0 radical (unpaired) electrons. The number of benzene rings is 2. The third kappa shape index (κ3) is 7.46. The molecule has 3 aromatic rings. The Kier molecular flexibility index (Phi) is 9.17. The van der Waals surface area contributed by atoms with Gasteiger partial charge in [-0.2, -0.15) is 0 Å². The quantitative estimate of drug-likeness (QED) is 0.280. The van der Waals surface area contributed by atoms with Crippen molar-refractivity contribution in [1.29, 1.82) is 0 Å². The van der Waals surface area contributed by atoms with Crippen molar-refractivity contribution in [3.8, 4) is 0 Å². The second-order valence-corrected chi connectivity index (χ2v) is 8.94. The molecule has 1 aromatic heterocycles. The number of carbonyl (C=O) groups excluding carboxylic acids is 2. The number of halogens is 1. The molecule has 0 aliphatic carbocycles. The van der Waals surface area contributed by atoms with E-state index in [1.165, 1.54) is 47.6 Å². The highest BCUT2D eigenvalue weighted by Crippen LogP contribution is 2.16. The van der Waals surface area contributed by atoms with E-state index in [-0.39, 0.29) is 49.2 Å². The Morgan fingerprint density at radius 1 is 0.974 bits per heavy atom. The van der Waals surface area contributed by atoms with Crippen LogP contribution in [-0.2, 0) is 22.6 Å². The van der Waals surface area contributed by atoms with E-state index in [0.29, 0.717) is 25.5 Å². The predicted molar refractivity (Wildman–Crippen MR) is 136 cm³/mol. The van der Waals surface area contributed by atoms with Crippen LogP contribution in [0.25, 0.3) is 0 Å². The molecule has 11 heteroatoms. The number of morpholine rings is 1. The van der Waals surface area contributed by atoms with Gasteiger partial charge in [-0.3, -0.25) is 24.6 Å². The zero-order valence-corrected chi connectivity index (χ0v) is 20.8. The molecule has 38 heavy (non-hydrogen) atoms. The average Bonchev–Trinajstić information content (AvgIpc) is 3.45. The molecule has 0 atom stereocenters. The highest BCUT2D eigenvalue weighted by molar-refractivity contribution is 5.96. The molecule has 2 heterocycles. The number of nitro groups is 1. The molecule has 0 saturated carbocycles. The summed E-state index contributed by atoms with van der Waals surface area (Å²) in [6, 6.07) is 14.7. The zero-order chi connectivity index (χ0) is 26.9. The molecule has 0 N–H and O–H groups in total. The third-order valence-electron chi connectivity index (χ3n) is 6.29. The Bertz CT molecular complexity index is 1210. The van der Waals surface area contributed by atoms with Crippen molar-refractivity contribution in [2.75, 3.05) is 45.9 Å². The third-order valence-corrected chi connectivity index (χ3v) is 6.29. The first-order valence-corrected chi connectivity index (χ1v) is 12.3. The van der Waals surface area contributed by atoms with Gasteiger partial charge >= 0.3 is 0 Å². The first-order chi connectivity index (χ1) is 18.4. The van der Waals surface area contributed by atoms with Crippen LogP contribution in [0.15, 0.2) is 71.3 Å². The smallest absolute Gasteiger partial charge is 0.269 e. The summed E-state index contributed by atoms with van der Waals surface area (Å²) in [5.41, 5.74) is 0.857. The average molecular weight is 525 g/mol. The maximum atomic E-state index is 13.6. The molecule has 200 valence electrons. The lowest BCUT2D eigenvalue weighted by molar-refractivity contribution is -0.384. The zero-order valence-electron chi connectivity index (χ0n) is 20.8. The second-order valence-electron chi connectivity index (χ2n) is 8.94. The monoisotopic (exact) mass is 524 g/mol. The molecule has 10 nitrogen and oxygen atoms in total. The summed E-state index contributed by atoms with van der Waals surface area (Å²) in [7, 11) is 0. The highest BCUT2D eigenvalue weighted by Gasteiger charge is 2.25. The fourth-order valence-corrected chi connectivity index (χ4v) is 4.14. The molecule has 1 aliphatic rings. The van der Waals surface area contributed by atoms with Gasteiger partial charge < -0.3 is 19.0 Å². The van der Waals surface area contributed by atoms with Crippen LogP contribution in [-0.4, -0.2) is 77.4 Å². The van der Waals surface area contributed by atoms with Crippen LogP contribution < -0.4 is 0 Å². The number of hydrogen-bond acceptors (Lipinski definition) is 7. The Balaban J connectivity index is 1.53. The summed E-state index contributed by atoms with van der Waals surface area (Å²) < 4.78 is 24.3. The number of nitro benzene ring substituents is 1. The van der Waals surface area contributed by atoms with Gasteiger partial charge in [0.2, 0.25) is 5.91 Å². The van der Waals surface area contributed by atoms with Gasteiger partial charge in [-0.15, -0.1) is 0 Å². The summed E-state index contributed by atoms with van der Waals surface area (Å²) in [6.45, 7) is 3.65. The number of nitrogens with zero attached hydrogens (tertiary/aromatic N) is 4. The van der Waals surface area contributed by atoms with Gasteiger partial charge in [0.15, 0.2) is 0 Å². The fraction of sp³-hybridized carbons (Fsp3) is 0.333. The van der Waals surface area contributed by atoms with Crippen molar-refractivity contribution >= 4 is 17.5 Å². The molecular weight excluding hydrogens is 495 g/mol. The lowest BCUT2D eigenvalue weighted by Gasteiger charge is -2.31. The van der Waals surface area contributed by atoms with E-state index >= 15 is 0 Å². The van der Waals surface area contributed by atoms with Crippen molar-refractivity contribution < 1.29 is 28.1 Å². The normalized spacial score (nSPS) is 13.7. The minimum atomic E-state index is -0.532. The fourth-order valence-electron chi connectivity index (χ4n) is 4.14. The minimum absolute atomic E-state index is 0.124. The van der Waals surface area contributed by atoms with Gasteiger partial charge in [-0.25, -0.2) is 4.39 Å². The van der Waals surface area contributed by atoms with Gasteiger partial charge in [0.1, 0.15) is 18.1 Å². The molecule has 2 amide bonds. The van der Waals surface area contributed by atoms with E-state index in [2.05, 4.69) is 4.90 Å². The van der Waals surface area contributed by atoms with Crippen molar-refractivity contribution in [3.63, 3.8) is 0 Å². The summed E-state index contributed by atoms with van der Waals surface area (Å²) in [6.07, 6.45) is 1.52. The first-order valence-electron chi connectivity index (χ1n) is 12.3. The van der Waals surface area contributed by atoms with E-state index in [1.54, 1.807) is 29.2 Å². The Hall–Kier alpha value is -4.09. The van der Waals surface area contributed by atoms with Crippen molar-refractivity contribution in [3.05, 3.63) is 99.7 Å². The summed E-state index contributed by atoms with van der Waals surface area (Å²) >= 11 is 0. The van der Waals surface area contributed by atoms with Crippen LogP contribution in [0.5, 0.6) is 0 Å². The number of hydrogen-bond donors (Lipinski definition) is 0. The van der Waals surface area contributed by atoms with E-state index in [1.807, 2.05) is 0 Å². The summed E-state index contributed by atoms with van der Waals surface area (Å²) in [4.78, 5) is 42.7. The molecule has 4 rings (SSSR count). The molecule has 0 spiro atoms. The van der Waals surface area contributed by atoms with E-state index in [9.17, 15) is 24.1 Å². The van der Waals surface area contributed by atoms with Gasteiger partial charge in [-0.05, 0) is 42.0 Å². The van der Waals surface area contributed by atoms with E-state index < -0.39 is 10.8 Å². The first kappa shape index (κ1) is 27.0. The molecule has 1 saturated heterocycles. The molecular formula is C27H29FN4O6. The predicted octanol–water partition coefficient (Wildman–Crippen LogP) is 3.33. The summed E-state index contributed by atoms with van der Waals surface area (Å²) in [5.74, 6) is -0.521. The van der Waals surface area contributed by atoms with Crippen LogP contribution in [0.4, 0.5) is 10.1 Å². The number of ether oxygens (including phenoxy) is 1. The SMILES string of the molecule is O=C(CN(CCN1CCOCC1)C(=O)c1ccc([N+](=O)[O-])cc1)N(Cc1ccc(F)cc1)Cc1ccco1. The molecule has 1 aliphatic heterocycles. The molecule has 2 aromatic carbocycles. The van der Waals surface area contributed by atoms with Crippen molar-refractivity contribution in [2.45, 2.75) is 13.1 Å². The number of rotatable bonds is 11. The Morgan fingerprint density at radius 2 is 1.68 bits per heavy atom. The number of amides is 2. The van der Waals surface area contributed by atoms with Gasteiger partial charge in [0.05, 0.1) is 30.9 Å². The Labute approximate surface area is 219 Å². The number of non-ortho nitro benzene ring substituents is 1. The van der Waals surface area contributed by atoms with Crippen molar-refractivity contribution in [2.24, 2.45) is 0 Å². The van der Waals surface area contributed by atoms with E-state index in [0.717, 1.165) is 18.7 Å². The lowest BCUT2D eigenvalue weighted by Crippen LogP contribution is -2.47. The van der Waals surface area contributed by atoms with Crippen molar-refractivity contribution in [1.82, 2.24) is 14.7 Å². The Morgan fingerprint density at radius 3 is 2.32 bits per heavy atom. The molecule has 0 unspecified atom stereocenters. The van der Waals surface area contributed by atoms with Crippen LogP contribution in [0.2, 0.25) is 0 Å².